The first kappa shape index (κ1) is 15.8. The molecule has 1 saturated heterocycles. The number of methoxy groups -OCH3 is 1. The van der Waals surface area contributed by atoms with Crippen LogP contribution < -0.4 is 20.7 Å². The van der Waals surface area contributed by atoms with Crippen molar-refractivity contribution in [3.8, 4) is 11.5 Å². The molecule has 1 aliphatic rings. The maximum atomic E-state index is 5.93. The number of nitrogens with two attached hydrogens (primary N) is 1. The standard InChI is InChI=1S/C17H24N4O2/c1-22-16-11-13-14(20-18)5-6-19-15(13)12-17(16)23-10-4-9-21-7-2-3-8-21/h5-6,11-12H,2-4,7-10,18H2,1H3,(H,19,20). The summed E-state index contributed by atoms with van der Waals surface area (Å²) in [6.45, 7) is 4.21. The van der Waals surface area contributed by atoms with Crippen LogP contribution in [0.15, 0.2) is 24.4 Å². The van der Waals surface area contributed by atoms with Crippen LogP contribution in [0, 0.1) is 0 Å². The number of likely N-dealkylation sites (tertiary alicyclic amines) is 1. The molecular formula is C17H24N4O2. The van der Waals surface area contributed by atoms with Crippen LogP contribution >= 0.6 is 0 Å². The molecule has 1 aromatic heterocycles. The maximum Gasteiger partial charge on any atom is 0.163 e. The normalized spacial score (nSPS) is 15.0. The molecule has 0 aliphatic carbocycles. The van der Waals surface area contributed by atoms with Gasteiger partial charge in [-0.05, 0) is 44.5 Å². The van der Waals surface area contributed by atoms with E-state index in [9.17, 15) is 0 Å². The highest BCUT2D eigenvalue weighted by Crippen LogP contribution is 2.34. The number of nitrogen functional groups attached to an aromatic ring is 1. The predicted octanol–water partition coefficient (Wildman–Crippen LogP) is 2.39. The number of nitrogens with one attached hydrogen (secondary N) is 1. The van der Waals surface area contributed by atoms with Crippen LogP contribution in [-0.4, -0.2) is 43.2 Å². The second-order valence-corrected chi connectivity index (χ2v) is 5.77. The van der Waals surface area contributed by atoms with Crippen molar-refractivity contribution >= 4 is 16.6 Å². The van der Waals surface area contributed by atoms with Crippen molar-refractivity contribution in [2.24, 2.45) is 5.84 Å². The minimum atomic E-state index is 0.674. The summed E-state index contributed by atoms with van der Waals surface area (Å²) in [5.74, 6) is 6.97. The molecule has 2 heterocycles. The van der Waals surface area contributed by atoms with E-state index in [4.69, 9.17) is 15.3 Å². The van der Waals surface area contributed by atoms with E-state index in [1.54, 1.807) is 13.3 Å². The lowest BCUT2D eigenvalue weighted by Crippen LogP contribution is -2.21. The monoisotopic (exact) mass is 316 g/mol. The molecule has 0 amide bonds. The zero-order valence-corrected chi connectivity index (χ0v) is 13.5. The summed E-state index contributed by atoms with van der Waals surface area (Å²) in [5.41, 5.74) is 4.33. The number of anilines is 1. The Morgan fingerprint density at radius 3 is 2.83 bits per heavy atom. The van der Waals surface area contributed by atoms with E-state index in [0.717, 1.165) is 35.3 Å². The SMILES string of the molecule is COc1cc2c(NN)ccnc2cc1OCCCN1CCCC1. The highest BCUT2D eigenvalue weighted by Gasteiger charge is 2.12. The molecule has 1 fully saturated rings. The number of pyridine rings is 1. The first-order chi connectivity index (χ1) is 11.3. The number of rotatable bonds is 7. The van der Waals surface area contributed by atoms with Crippen LogP contribution in [0.2, 0.25) is 0 Å². The van der Waals surface area contributed by atoms with Gasteiger partial charge in [0.15, 0.2) is 11.5 Å². The van der Waals surface area contributed by atoms with E-state index in [1.165, 1.54) is 25.9 Å². The molecule has 0 spiro atoms. The number of fused-ring (bicyclic) bond motifs is 1. The summed E-state index contributed by atoms with van der Waals surface area (Å²) >= 11 is 0. The molecule has 3 N–H and O–H groups in total. The molecule has 3 rings (SSSR count). The number of nitrogens with zero attached hydrogens (tertiary/aromatic N) is 2. The topological polar surface area (TPSA) is 72.6 Å². The highest BCUT2D eigenvalue weighted by molar-refractivity contribution is 5.93. The van der Waals surface area contributed by atoms with Crippen molar-refractivity contribution in [3.05, 3.63) is 24.4 Å². The third-order valence-corrected chi connectivity index (χ3v) is 4.26. The van der Waals surface area contributed by atoms with Gasteiger partial charge in [0.05, 0.1) is 24.9 Å². The molecule has 2 aromatic rings. The van der Waals surface area contributed by atoms with Crippen molar-refractivity contribution in [1.82, 2.24) is 9.88 Å². The highest BCUT2D eigenvalue weighted by atomic mass is 16.5. The van der Waals surface area contributed by atoms with Crippen LogP contribution in [0.1, 0.15) is 19.3 Å². The Kier molecular flexibility index (Phi) is 5.15. The van der Waals surface area contributed by atoms with E-state index >= 15 is 0 Å². The summed E-state index contributed by atoms with van der Waals surface area (Å²) < 4.78 is 11.4. The molecule has 0 radical (unpaired) electrons. The Balaban J connectivity index is 1.69. The largest absolute Gasteiger partial charge is 0.493 e. The average molecular weight is 316 g/mol. The van der Waals surface area contributed by atoms with Crippen molar-refractivity contribution in [1.29, 1.82) is 0 Å². The van der Waals surface area contributed by atoms with Gasteiger partial charge < -0.3 is 19.8 Å². The third-order valence-electron chi connectivity index (χ3n) is 4.26. The summed E-state index contributed by atoms with van der Waals surface area (Å²) in [5, 5.41) is 0.913. The van der Waals surface area contributed by atoms with E-state index in [0.29, 0.717) is 12.4 Å². The summed E-state index contributed by atoms with van der Waals surface area (Å²) in [7, 11) is 1.64. The zero-order valence-electron chi connectivity index (χ0n) is 13.5. The fourth-order valence-corrected chi connectivity index (χ4v) is 3.03. The number of hydrogen-bond donors (Lipinski definition) is 2. The number of hydrogen-bond acceptors (Lipinski definition) is 6. The van der Waals surface area contributed by atoms with Crippen molar-refractivity contribution in [2.45, 2.75) is 19.3 Å². The van der Waals surface area contributed by atoms with E-state index in [2.05, 4.69) is 15.3 Å². The van der Waals surface area contributed by atoms with Gasteiger partial charge in [0, 0.05) is 24.2 Å². The van der Waals surface area contributed by atoms with Gasteiger partial charge in [0.25, 0.3) is 0 Å². The van der Waals surface area contributed by atoms with Crippen molar-refractivity contribution in [2.75, 3.05) is 38.8 Å². The van der Waals surface area contributed by atoms with Gasteiger partial charge in [0.1, 0.15) is 0 Å². The summed E-state index contributed by atoms with van der Waals surface area (Å²) in [6.07, 6.45) is 5.38. The van der Waals surface area contributed by atoms with Gasteiger partial charge in [0.2, 0.25) is 0 Å². The smallest absolute Gasteiger partial charge is 0.163 e. The lowest BCUT2D eigenvalue weighted by atomic mass is 10.1. The number of ether oxygens (including phenoxy) is 2. The molecule has 23 heavy (non-hydrogen) atoms. The molecule has 1 aliphatic heterocycles. The Morgan fingerprint density at radius 1 is 1.26 bits per heavy atom. The quantitative estimate of drug-likeness (QED) is 0.464. The van der Waals surface area contributed by atoms with Gasteiger partial charge >= 0.3 is 0 Å². The first-order valence-corrected chi connectivity index (χ1v) is 8.10. The number of aromatic nitrogens is 1. The minimum absolute atomic E-state index is 0.674. The molecular weight excluding hydrogens is 292 g/mol. The van der Waals surface area contributed by atoms with Crippen LogP contribution in [-0.2, 0) is 0 Å². The third kappa shape index (κ3) is 3.65. The minimum Gasteiger partial charge on any atom is -0.493 e. The molecule has 6 nitrogen and oxygen atoms in total. The van der Waals surface area contributed by atoms with Crippen molar-refractivity contribution < 1.29 is 9.47 Å². The van der Waals surface area contributed by atoms with Crippen LogP contribution in [0.3, 0.4) is 0 Å². The van der Waals surface area contributed by atoms with E-state index in [-0.39, 0.29) is 0 Å². The molecule has 0 bridgehead atoms. The fraction of sp³-hybridized carbons (Fsp3) is 0.471. The number of benzene rings is 1. The summed E-state index contributed by atoms with van der Waals surface area (Å²) in [6, 6.07) is 5.65. The van der Waals surface area contributed by atoms with Crippen LogP contribution in [0.5, 0.6) is 11.5 Å². The van der Waals surface area contributed by atoms with E-state index in [1.807, 2.05) is 18.2 Å². The average Bonchev–Trinajstić information content (AvgIpc) is 3.10. The zero-order chi connectivity index (χ0) is 16.1. The molecule has 6 heteroatoms. The Morgan fingerprint density at radius 2 is 2.09 bits per heavy atom. The van der Waals surface area contributed by atoms with E-state index < -0.39 is 0 Å². The molecule has 0 saturated carbocycles. The Hall–Kier alpha value is -2.05. The Labute approximate surface area is 136 Å². The molecule has 124 valence electrons. The van der Waals surface area contributed by atoms with Crippen LogP contribution in [0.25, 0.3) is 10.9 Å². The molecule has 0 atom stereocenters. The van der Waals surface area contributed by atoms with Gasteiger partial charge in [-0.2, -0.15) is 0 Å². The van der Waals surface area contributed by atoms with Gasteiger partial charge in [-0.15, -0.1) is 0 Å². The van der Waals surface area contributed by atoms with Crippen LogP contribution in [0.4, 0.5) is 5.69 Å². The summed E-state index contributed by atoms with van der Waals surface area (Å²) in [4.78, 5) is 6.87. The van der Waals surface area contributed by atoms with Gasteiger partial charge in [-0.3, -0.25) is 10.8 Å². The molecule has 1 aromatic carbocycles. The Bertz CT molecular complexity index is 656. The maximum absolute atomic E-state index is 5.93. The predicted molar refractivity (Wildman–Crippen MR) is 91.9 cm³/mol. The molecule has 0 unspecified atom stereocenters. The van der Waals surface area contributed by atoms with Gasteiger partial charge in [-0.1, -0.05) is 0 Å². The second kappa shape index (κ2) is 7.48. The van der Waals surface area contributed by atoms with Crippen molar-refractivity contribution in [3.63, 3.8) is 0 Å². The first-order valence-electron chi connectivity index (χ1n) is 8.10. The van der Waals surface area contributed by atoms with Gasteiger partial charge in [-0.25, -0.2) is 0 Å². The number of hydrazine groups is 1. The lowest BCUT2D eigenvalue weighted by Gasteiger charge is -2.16. The fourth-order valence-electron chi connectivity index (χ4n) is 3.03. The second-order valence-electron chi connectivity index (χ2n) is 5.77. The lowest BCUT2D eigenvalue weighted by molar-refractivity contribution is 0.254.